The number of nitrogens with one attached hydrogen (secondary N) is 1. The van der Waals surface area contributed by atoms with E-state index in [1.807, 2.05) is 24.3 Å². The monoisotopic (exact) mass is 267 g/mol. The number of hydrogen-bond donors (Lipinski definition) is 2. The van der Waals surface area contributed by atoms with E-state index in [1.165, 1.54) is 25.7 Å². The maximum Gasteiger partial charge on any atom is 0.0637 e. The molecule has 3 heteroatoms. The molecular formula is C15H22ClNO. The minimum Gasteiger partial charge on any atom is -0.394 e. The van der Waals surface area contributed by atoms with Gasteiger partial charge in [0, 0.05) is 0 Å². The number of halogens is 1. The quantitative estimate of drug-likeness (QED) is 0.866. The summed E-state index contributed by atoms with van der Waals surface area (Å²) in [7, 11) is 0. The molecule has 2 nitrogen and oxygen atoms in total. The van der Waals surface area contributed by atoms with Gasteiger partial charge in [0.25, 0.3) is 0 Å². The van der Waals surface area contributed by atoms with E-state index in [1.54, 1.807) is 0 Å². The van der Waals surface area contributed by atoms with Gasteiger partial charge in [0.15, 0.2) is 0 Å². The first kappa shape index (κ1) is 13.7. The van der Waals surface area contributed by atoms with Crippen LogP contribution in [-0.4, -0.2) is 17.8 Å². The fourth-order valence-corrected chi connectivity index (χ4v) is 3.13. The molecule has 3 unspecified atom stereocenters. The average Bonchev–Trinajstić information content (AvgIpc) is 2.38. The molecule has 2 N–H and O–H groups in total. The van der Waals surface area contributed by atoms with E-state index >= 15 is 0 Å². The van der Waals surface area contributed by atoms with Gasteiger partial charge >= 0.3 is 0 Å². The van der Waals surface area contributed by atoms with Crippen LogP contribution in [0, 0.1) is 11.8 Å². The smallest absolute Gasteiger partial charge is 0.0637 e. The Labute approximate surface area is 114 Å². The van der Waals surface area contributed by atoms with Gasteiger partial charge in [0.1, 0.15) is 0 Å². The SMILES string of the molecule is CC1CCCC(C(CO)Nc2ccccc2Cl)C1. The minimum absolute atomic E-state index is 0.118. The molecule has 0 bridgehead atoms. The van der Waals surface area contributed by atoms with Gasteiger partial charge in [-0.3, -0.25) is 0 Å². The summed E-state index contributed by atoms with van der Waals surface area (Å²) < 4.78 is 0. The van der Waals surface area contributed by atoms with Crippen molar-refractivity contribution in [2.24, 2.45) is 11.8 Å². The van der Waals surface area contributed by atoms with Crippen LogP contribution in [0.25, 0.3) is 0 Å². The van der Waals surface area contributed by atoms with Gasteiger partial charge in [-0.05, 0) is 36.8 Å². The fourth-order valence-electron chi connectivity index (χ4n) is 2.94. The summed E-state index contributed by atoms with van der Waals surface area (Å²) in [5, 5.41) is 13.7. The van der Waals surface area contributed by atoms with Gasteiger partial charge < -0.3 is 10.4 Å². The van der Waals surface area contributed by atoms with Gasteiger partial charge in [0.2, 0.25) is 0 Å². The fraction of sp³-hybridized carbons (Fsp3) is 0.600. The van der Waals surface area contributed by atoms with Crippen molar-refractivity contribution >= 4 is 17.3 Å². The summed E-state index contributed by atoms with van der Waals surface area (Å²) in [6.45, 7) is 2.47. The molecule has 18 heavy (non-hydrogen) atoms. The molecule has 0 amide bonds. The van der Waals surface area contributed by atoms with Gasteiger partial charge in [0.05, 0.1) is 23.4 Å². The second-order valence-corrected chi connectivity index (χ2v) is 5.85. The largest absolute Gasteiger partial charge is 0.394 e. The first-order chi connectivity index (χ1) is 8.70. The van der Waals surface area contributed by atoms with Crippen LogP contribution in [0.1, 0.15) is 32.6 Å². The highest BCUT2D eigenvalue weighted by Gasteiger charge is 2.26. The third kappa shape index (κ3) is 3.39. The third-order valence-corrected chi connectivity index (χ3v) is 4.29. The number of aliphatic hydroxyl groups is 1. The zero-order valence-corrected chi connectivity index (χ0v) is 11.7. The standard InChI is InChI=1S/C15H22ClNO/c1-11-5-4-6-12(9-11)15(10-18)17-14-8-3-2-7-13(14)16/h2-3,7-8,11-12,15,17-18H,4-6,9-10H2,1H3. The van der Waals surface area contributed by atoms with Gasteiger partial charge in [-0.25, -0.2) is 0 Å². The predicted octanol–water partition coefficient (Wildman–Crippen LogP) is 3.94. The van der Waals surface area contributed by atoms with Gasteiger partial charge in [-0.15, -0.1) is 0 Å². The van der Waals surface area contributed by atoms with Crippen molar-refractivity contribution in [1.82, 2.24) is 0 Å². The molecule has 1 aliphatic rings. The van der Waals surface area contributed by atoms with E-state index in [9.17, 15) is 5.11 Å². The summed E-state index contributed by atoms with van der Waals surface area (Å²) >= 11 is 6.15. The molecular weight excluding hydrogens is 246 g/mol. The Morgan fingerprint density at radius 2 is 2.17 bits per heavy atom. The summed E-state index contributed by atoms with van der Waals surface area (Å²) in [5.74, 6) is 1.32. The highest BCUT2D eigenvalue weighted by molar-refractivity contribution is 6.33. The molecule has 3 atom stereocenters. The Bertz CT molecular complexity index is 383. The molecule has 1 saturated carbocycles. The Kier molecular flexibility index (Phi) is 4.90. The summed E-state index contributed by atoms with van der Waals surface area (Å²) in [6.07, 6.45) is 4.99. The van der Waals surface area contributed by atoms with Crippen LogP contribution in [-0.2, 0) is 0 Å². The second kappa shape index (κ2) is 6.44. The normalized spacial score (nSPS) is 25.7. The lowest BCUT2D eigenvalue weighted by molar-refractivity contribution is 0.188. The van der Waals surface area contributed by atoms with E-state index in [0.29, 0.717) is 5.92 Å². The first-order valence-corrected chi connectivity index (χ1v) is 7.20. The van der Waals surface area contributed by atoms with E-state index in [0.717, 1.165) is 16.6 Å². The Morgan fingerprint density at radius 3 is 2.83 bits per heavy atom. The zero-order chi connectivity index (χ0) is 13.0. The molecule has 0 saturated heterocycles. The molecule has 0 radical (unpaired) electrons. The molecule has 0 aliphatic heterocycles. The van der Waals surface area contributed by atoms with Crippen LogP contribution in [0.3, 0.4) is 0 Å². The van der Waals surface area contributed by atoms with E-state index in [-0.39, 0.29) is 12.6 Å². The number of anilines is 1. The number of para-hydroxylation sites is 1. The van der Waals surface area contributed by atoms with Crippen LogP contribution < -0.4 is 5.32 Å². The highest BCUT2D eigenvalue weighted by atomic mass is 35.5. The lowest BCUT2D eigenvalue weighted by atomic mass is 9.78. The summed E-state index contributed by atoms with van der Waals surface area (Å²) in [5.41, 5.74) is 0.927. The molecule has 1 aromatic carbocycles. The zero-order valence-electron chi connectivity index (χ0n) is 10.9. The number of hydrogen-bond acceptors (Lipinski definition) is 2. The highest BCUT2D eigenvalue weighted by Crippen LogP contribution is 2.32. The van der Waals surface area contributed by atoms with Crippen LogP contribution in [0.2, 0.25) is 5.02 Å². The van der Waals surface area contributed by atoms with Crippen molar-refractivity contribution in [1.29, 1.82) is 0 Å². The Balaban J connectivity index is 2.03. The van der Waals surface area contributed by atoms with Crippen molar-refractivity contribution in [3.63, 3.8) is 0 Å². The summed E-state index contributed by atoms with van der Waals surface area (Å²) in [6, 6.07) is 7.85. The molecule has 2 rings (SSSR count). The van der Waals surface area contributed by atoms with Crippen molar-refractivity contribution in [3.05, 3.63) is 29.3 Å². The maximum absolute atomic E-state index is 9.61. The molecule has 1 fully saturated rings. The van der Waals surface area contributed by atoms with Crippen molar-refractivity contribution < 1.29 is 5.11 Å². The lowest BCUT2D eigenvalue weighted by Gasteiger charge is -2.33. The van der Waals surface area contributed by atoms with Crippen molar-refractivity contribution in [3.8, 4) is 0 Å². The predicted molar refractivity (Wildman–Crippen MR) is 77.1 cm³/mol. The Hall–Kier alpha value is -0.730. The Morgan fingerprint density at radius 1 is 1.39 bits per heavy atom. The molecule has 1 aromatic rings. The molecule has 100 valence electrons. The third-order valence-electron chi connectivity index (χ3n) is 3.96. The maximum atomic E-state index is 9.61. The van der Waals surface area contributed by atoms with E-state index < -0.39 is 0 Å². The van der Waals surface area contributed by atoms with E-state index in [2.05, 4.69) is 12.2 Å². The van der Waals surface area contributed by atoms with Crippen LogP contribution >= 0.6 is 11.6 Å². The van der Waals surface area contributed by atoms with Gasteiger partial charge in [-0.1, -0.05) is 43.5 Å². The van der Waals surface area contributed by atoms with Crippen LogP contribution in [0.15, 0.2) is 24.3 Å². The van der Waals surface area contributed by atoms with E-state index in [4.69, 9.17) is 11.6 Å². The number of rotatable bonds is 4. The molecule has 0 spiro atoms. The molecule has 0 aromatic heterocycles. The van der Waals surface area contributed by atoms with Crippen molar-refractivity contribution in [2.45, 2.75) is 38.6 Å². The molecule has 0 heterocycles. The first-order valence-electron chi connectivity index (χ1n) is 6.82. The van der Waals surface area contributed by atoms with Crippen LogP contribution in [0.4, 0.5) is 5.69 Å². The summed E-state index contributed by atoms with van der Waals surface area (Å²) in [4.78, 5) is 0. The average molecular weight is 268 g/mol. The number of aliphatic hydroxyl groups excluding tert-OH is 1. The van der Waals surface area contributed by atoms with Crippen molar-refractivity contribution in [2.75, 3.05) is 11.9 Å². The minimum atomic E-state index is 0.118. The number of benzene rings is 1. The molecule has 1 aliphatic carbocycles. The van der Waals surface area contributed by atoms with Crippen LogP contribution in [0.5, 0.6) is 0 Å². The lowest BCUT2D eigenvalue weighted by Crippen LogP contribution is -2.35. The second-order valence-electron chi connectivity index (χ2n) is 5.45. The van der Waals surface area contributed by atoms with Gasteiger partial charge in [-0.2, -0.15) is 0 Å². The topological polar surface area (TPSA) is 32.3 Å².